The molecule has 1 saturated carbocycles. The molecule has 2 aromatic rings. The highest BCUT2D eigenvalue weighted by Gasteiger charge is 2.70. The first-order valence-electron chi connectivity index (χ1n) is 17.7. The molecule has 2 spiro atoms. The van der Waals surface area contributed by atoms with E-state index in [0.717, 1.165) is 26.1 Å². The summed E-state index contributed by atoms with van der Waals surface area (Å²) in [5.74, 6) is 0. The zero-order valence-corrected chi connectivity index (χ0v) is 29.3. The number of hydrogen-bond acceptors (Lipinski definition) is 2. The van der Waals surface area contributed by atoms with Gasteiger partial charge in [0.15, 0.2) is 0 Å². The molecule has 44 heavy (non-hydrogen) atoms. The van der Waals surface area contributed by atoms with E-state index < -0.39 is 0 Å². The number of ether oxygens (including phenoxy) is 2. The summed E-state index contributed by atoms with van der Waals surface area (Å²) in [5.41, 5.74) is 9.58. The van der Waals surface area contributed by atoms with Crippen LogP contribution in [0.3, 0.4) is 0 Å². The Morgan fingerprint density at radius 1 is 0.545 bits per heavy atom. The lowest BCUT2D eigenvalue weighted by Gasteiger charge is -2.67. The van der Waals surface area contributed by atoms with Gasteiger partial charge in [0.05, 0.1) is 11.2 Å². The van der Waals surface area contributed by atoms with Crippen LogP contribution in [0, 0.1) is 5.41 Å². The summed E-state index contributed by atoms with van der Waals surface area (Å²) in [6, 6.07) is 18.7. The van der Waals surface area contributed by atoms with E-state index in [2.05, 4.69) is 116 Å². The van der Waals surface area contributed by atoms with E-state index in [9.17, 15) is 0 Å². The third-order valence-corrected chi connectivity index (χ3v) is 10.9. The normalized spacial score (nSPS) is 23.5. The van der Waals surface area contributed by atoms with E-state index in [0.29, 0.717) is 0 Å². The van der Waals surface area contributed by atoms with Crippen LogP contribution in [-0.2, 0) is 20.3 Å². The molecule has 2 unspecified atom stereocenters. The highest BCUT2D eigenvalue weighted by Crippen LogP contribution is 2.75. The quantitative estimate of drug-likeness (QED) is 0.202. The van der Waals surface area contributed by atoms with Gasteiger partial charge in [-0.25, -0.2) is 0 Å². The van der Waals surface area contributed by atoms with Crippen molar-refractivity contribution in [3.8, 4) is 0 Å². The molecule has 0 radical (unpaired) electrons. The average molecular weight is 597 g/mol. The van der Waals surface area contributed by atoms with Crippen molar-refractivity contribution in [2.75, 3.05) is 13.2 Å². The van der Waals surface area contributed by atoms with Gasteiger partial charge >= 0.3 is 0 Å². The van der Waals surface area contributed by atoms with E-state index in [1.54, 1.807) is 22.3 Å². The first-order valence-corrected chi connectivity index (χ1v) is 17.7. The Bertz CT molecular complexity index is 1240. The Balaban J connectivity index is 1.26. The molecule has 2 aromatic carbocycles. The zero-order valence-electron chi connectivity index (χ0n) is 29.3. The van der Waals surface area contributed by atoms with Crippen molar-refractivity contribution < 1.29 is 9.47 Å². The first kappa shape index (κ1) is 33.2. The van der Waals surface area contributed by atoms with Gasteiger partial charge < -0.3 is 9.47 Å². The van der Waals surface area contributed by atoms with Gasteiger partial charge in [0.25, 0.3) is 0 Å². The maximum atomic E-state index is 5.94. The molecule has 0 saturated heterocycles. The Kier molecular flexibility index (Phi) is 9.75. The molecule has 2 atom stereocenters. The Morgan fingerprint density at radius 2 is 0.932 bits per heavy atom. The number of fused-ring (bicyclic) bond motifs is 4. The van der Waals surface area contributed by atoms with Gasteiger partial charge in [-0.2, -0.15) is 0 Å². The fraction of sp³-hybridized carbons (Fsp3) is 0.619. The lowest BCUT2D eigenvalue weighted by molar-refractivity contribution is -0.0223. The number of benzene rings is 2. The van der Waals surface area contributed by atoms with Crippen molar-refractivity contribution in [1.82, 2.24) is 0 Å². The van der Waals surface area contributed by atoms with E-state index in [1.807, 2.05) is 0 Å². The minimum Gasteiger partial charge on any atom is -0.376 e. The number of allylic oxidation sites excluding steroid dienone is 4. The standard InChI is InChI=1S/C42H60O2/c1-38(2,3)43-27-19-11-9-13-21-32-29-41(36-25-17-15-23-34(32)36)31-42(40(41,7)8)30-33(35-24-16-18-26-37(35)42)22-14-10-12-20-28-44-39(4,5)6/h15-18,23-26,29-30H,9-14,19-22,27-28,31H2,1-8H3. The van der Waals surface area contributed by atoms with Crippen LogP contribution in [-0.4, -0.2) is 24.4 Å². The van der Waals surface area contributed by atoms with E-state index in [4.69, 9.17) is 9.47 Å². The molecule has 1 fully saturated rings. The Labute approximate surface area is 269 Å². The summed E-state index contributed by atoms with van der Waals surface area (Å²) in [7, 11) is 0. The first-order chi connectivity index (χ1) is 20.8. The van der Waals surface area contributed by atoms with Crippen molar-refractivity contribution >= 4 is 11.1 Å². The second-order valence-corrected chi connectivity index (χ2v) is 16.4. The highest BCUT2D eigenvalue weighted by molar-refractivity contribution is 5.83. The molecule has 0 bridgehead atoms. The molecule has 2 nitrogen and oxygen atoms in total. The minimum atomic E-state index is -0.0308. The summed E-state index contributed by atoms with van der Waals surface area (Å²) in [4.78, 5) is 0. The molecular weight excluding hydrogens is 536 g/mol. The smallest absolute Gasteiger partial charge is 0.0598 e. The van der Waals surface area contributed by atoms with Gasteiger partial charge in [-0.05, 0) is 125 Å². The molecule has 2 heteroatoms. The SMILES string of the molecule is CC(C)(C)OCCCCCCC1=CC2(CC3(C=C(CCCCCCOC(C)(C)C)c4ccccc43)C2(C)C)c2ccccc21. The highest BCUT2D eigenvalue weighted by atomic mass is 16.5. The second-order valence-electron chi connectivity index (χ2n) is 16.4. The van der Waals surface area contributed by atoms with Gasteiger partial charge in [-0.1, -0.05) is 100 Å². The molecule has 0 N–H and O–H groups in total. The van der Waals surface area contributed by atoms with Crippen molar-refractivity contribution in [3.05, 3.63) is 82.9 Å². The van der Waals surface area contributed by atoms with Crippen LogP contribution in [0.4, 0.5) is 0 Å². The van der Waals surface area contributed by atoms with Crippen molar-refractivity contribution in [2.45, 2.75) is 148 Å². The monoisotopic (exact) mass is 596 g/mol. The van der Waals surface area contributed by atoms with Gasteiger partial charge in [0.2, 0.25) is 0 Å². The van der Waals surface area contributed by atoms with Crippen LogP contribution in [0.25, 0.3) is 11.1 Å². The molecule has 5 rings (SSSR count). The predicted molar refractivity (Wildman–Crippen MR) is 188 cm³/mol. The van der Waals surface area contributed by atoms with E-state index >= 15 is 0 Å². The van der Waals surface area contributed by atoms with Gasteiger partial charge in [-0.3, -0.25) is 0 Å². The molecular formula is C42H60O2. The maximum absolute atomic E-state index is 5.94. The van der Waals surface area contributed by atoms with Crippen molar-refractivity contribution in [2.24, 2.45) is 5.41 Å². The molecule has 3 aliphatic rings. The van der Waals surface area contributed by atoms with Crippen LogP contribution >= 0.6 is 0 Å². The summed E-state index contributed by atoms with van der Waals surface area (Å²) < 4.78 is 11.9. The second kappa shape index (κ2) is 12.9. The summed E-state index contributed by atoms with van der Waals surface area (Å²) in [6.07, 6.45) is 18.9. The zero-order chi connectivity index (χ0) is 31.6. The van der Waals surface area contributed by atoms with Gasteiger partial charge in [-0.15, -0.1) is 0 Å². The molecule has 0 amide bonds. The predicted octanol–water partition coefficient (Wildman–Crippen LogP) is 11.6. The average Bonchev–Trinajstić information content (AvgIpc) is 3.47. The molecule has 240 valence electrons. The van der Waals surface area contributed by atoms with Crippen LogP contribution in [0.5, 0.6) is 0 Å². The Hall–Kier alpha value is -2.16. The van der Waals surface area contributed by atoms with Crippen molar-refractivity contribution in [1.29, 1.82) is 0 Å². The fourth-order valence-electron chi connectivity index (χ4n) is 8.42. The van der Waals surface area contributed by atoms with Crippen LogP contribution < -0.4 is 0 Å². The molecule has 3 aliphatic carbocycles. The van der Waals surface area contributed by atoms with Crippen LogP contribution in [0.2, 0.25) is 0 Å². The lowest BCUT2D eigenvalue weighted by atomic mass is 9.35. The third kappa shape index (κ3) is 6.54. The topological polar surface area (TPSA) is 18.5 Å². The molecule has 0 heterocycles. The van der Waals surface area contributed by atoms with E-state index in [1.165, 1.54) is 68.9 Å². The van der Waals surface area contributed by atoms with Gasteiger partial charge in [0.1, 0.15) is 0 Å². The lowest BCUT2D eigenvalue weighted by Crippen LogP contribution is -2.65. The fourth-order valence-corrected chi connectivity index (χ4v) is 8.42. The van der Waals surface area contributed by atoms with Crippen LogP contribution in [0.15, 0.2) is 60.7 Å². The summed E-state index contributed by atoms with van der Waals surface area (Å²) in [6.45, 7) is 19.7. The van der Waals surface area contributed by atoms with Crippen molar-refractivity contribution in [3.63, 3.8) is 0 Å². The number of hydrogen-bond donors (Lipinski definition) is 0. The maximum Gasteiger partial charge on any atom is 0.0598 e. The van der Waals surface area contributed by atoms with Gasteiger partial charge in [0, 0.05) is 24.0 Å². The summed E-state index contributed by atoms with van der Waals surface area (Å²) in [5, 5.41) is 0. The largest absolute Gasteiger partial charge is 0.376 e. The van der Waals surface area contributed by atoms with E-state index in [-0.39, 0.29) is 27.4 Å². The number of rotatable bonds is 14. The van der Waals surface area contributed by atoms with Crippen LogP contribution in [0.1, 0.15) is 148 Å². The molecule has 0 aromatic heterocycles. The third-order valence-electron chi connectivity index (χ3n) is 10.9. The molecule has 0 aliphatic heterocycles. The summed E-state index contributed by atoms with van der Waals surface area (Å²) >= 11 is 0. The Morgan fingerprint density at radius 3 is 1.32 bits per heavy atom. The minimum absolute atomic E-state index is 0.0308. The number of unbranched alkanes of at least 4 members (excludes halogenated alkanes) is 6.